The van der Waals surface area contributed by atoms with Crippen LogP contribution in [-0.2, 0) is 17.1 Å². The van der Waals surface area contributed by atoms with Gasteiger partial charge in [-0.1, -0.05) is 0 Å². The number of aliphatic hydroxyl groups excluding tert-OH is 2. The van der Waals surface area contributed by atoms with Gasteiger partial charge >= 0.3 is 0 Å². The zero-order valence-corrected chi connectivity index (χ0v) is 16.0. The van der Waals surface area contributed by atoms with Crippen molar-refractivity contribution in [2.24, 2.45) is 18.1 Å². The predicted molar refractivity (Wildman–Crippen MR) is 98.8 cm³/mol. The number of sulfonamides is 1. The molecule has 2 aromatic rings. The Bertz CT molecular complexity index is 962. The molecule has 2 heterocycles. The number of primary sulfonamides is 1. The highest BCUT2D eigenvalue weighted by Crippen LogP contribution is 2.32. The summed E-state index contributed by atoms with van der Waals surface area (Å²) in [5.41, 5.74) is 0.397. The van der Waals surface area contributed by atoms with E-state index >= 15 is 0 Å². The minimum absolute atomic E-state index is 0.124. The Hall–Kier alpha value is -2.41. The van der Waals surface area contributed by atoms with E-state index < -0.39 is 34.2 Å². The maximum absolute atomic E-state index is 12.7. The van der Waals surface area contributed by atoms with Crippen molar-refractivity contribution in [3.63, 3.8) is 0 Å². The number of ketones is 1. The third kappa shape index (κ3) is 4.52. The lowest BCUT2D eigenvalue weighted by atomic mass is 10.0. The van der Waals surface area contributed by atoms with E-state index in [4.69, 9.17) is 5.14 Å². The predicted octanol–water partition coefficient (Wildman–Crippen LogP) is -1.36. The molecule has 0 aromatic carbocycles. The largest absolute Gasteiger partial charge is 0.390 e. The molecule has 152 valence electrons. The summed E-state index contributed by atoms with van der Waals surface area (Å²) in [6.07, 6.45) is 2.39. The van der Waals surface area contributed by atoms with E-state index in [1.165, 1.54) is 17.2 Å². The highest BCUT2D eigenvalue weighted by atomic mass is 32.2. The van der Waals surface area contributed by atoms with Gasteiger partial charge in [0.15, 0.2) is 0 Å². The van der Waals surface area contributed by atoms with Crippen molar-refractivity contribution in [3.05, 3.63) is 36.0 Å². The van der Waals surface area contributed by atoms with Gasteiger partial charge in [0.1, 0.15) is 23.9 Å². The number of aliphatic hydroxyl groups is 2. The van der Waals surface area contributed by atoms with E-state index in [1.54, 1.807) is 19.3 Å². The first-order chi connectivity index (χ1) is 13.2. The number of aryl methyl sites for hydroxylation is 1. The summed E-state index contributed by atoms with van der Waals surface area (Å²) in [5.74, 6) is -0.926. The summed E-state index contributed by atoms with van der Waals surface area (Å²) in [7, 11) is -1.97. The van der Waals surface area contributed by atoms with Crippen LogP contribution >= 0.6 is 0 Å². The number of aromatic nitrogens is 4. The van der Waals surface area contributed by atoms with Crippen LogP contribution < -0.4 is 10.5 Å². The van der Waals surface area contributed by atoms with Crippen LogP contribution in [0.15, 0.2) is 24.8 Å². The fourth-order valence-corrected chi connectivity index (χ4v) is 3.96. The second-order valence-electron chi connectivity index (χ2n) is 6.87. The van der Waals surface area contributed by atoms with Gasteiger partial charge in [0, 0.05) is 19.4 Å². The number of nitrogens with zero attached hydrogens (tertiary/aromatic N) is 4. The Labute approximate surface area is 161 Å². The van der Waals surface area contributed by atoms with E-state index in [9.17, 15) is 23.4 Å². The molecule has 4 atom stereocenters. The van der Waals surface area contributed by atoms with Crippen molar-refractivity contribution in [1.29, 1.82) is 0 Å². The fraction of sp³-hybridized carbons (Fsp3) is 0.500. The third-order valence-electron chi connectivity index (χ3n) is 4.80. The highest BCUT2D eigenvalue weighted by molar-refractivity contribution is 7.89. The molecule has 11 nitrogen and oxygen atoms in total. The molecule has 1 saturated carbocycles. The van der Waals surface area contributed by atoms with Gasteiger partial charge in [0.05, 0.1) is 23.5 Å². The van der Waals surface area contributed by atoms with Crippen LogP contribution in [0.2, 0.25) is 0 Å². The van der Waals surface area contributed by atoms with Gasteiger partial charge in [-0.2, -0.15) is 5.10 Å². The second-order valence-corrected chi connectivity index (χ2v) is 8.61. The zero-order valence-electron chi connectivity index (χ0n) is 15.1. The zero-order chi connectivity index (χ0) is 20.5. The van der Waals surface area contributed by atoms with Crippen molar-refractivity contribution in [2.45, 2.75) is 31.1 Å². The summed E-state index contributed by atoms with van der Waals surface area (Å²) in [6, 6.07) is 0.946. The minimum Gasteiger partial charge on any atom is -0.390 e. The molecule has 0 amide bonds. The first kappa shape index (κ1) is 20.3. The molecule has 12 heteroatoms. The van der Waals surface area contributed by atoms with Gasteiger partial charge in [-0.25, -0.2) is 23.5 Å². The average molecular weight is 410 g/mol. The Morgan fingerprint density at radius 3 is 2.79 bits per heavy atom. The number of carbonyl (C=O) groups excluding carboxylic acids is 1. The summed E-state index contributed by atoms with van der Waals surface area (Å²) < 4.78 is 23.8. The lowest BCUT2D eigenvalue weighted by Gasteiger charge is -2.19. The second kappa shape index (κ2) is 7.91. The summed E-state index contributed by atoms with van der Waals surface area (Å²) >= 11 is 0. The maximum Gasteiger partial charge on any atom is 0.218 e. The Morgan fingerprint density at radius 1 is 1.39 bits per heavy atom. The Kier molecular flexibility index (Phi) is 5.74. The van der Waals surface area contributed by atoms with E-state index in [-0.39, 0.29) is 35.0 Å². The Morgan fingerprint density at radius 2 is 2.14 bits per heavy atom. The van der Waals surface area contributed by atoms with Crippen LogP contribution in [-0.4, -0.2) is 68.2 Å². The number of rotatable bonds is 7. The van der Waals surface area contributed by atoms with E-state index in [1.807, 2.05) is 0 Å². The van der Waals surface area contributed by atoms with Crippen LogP contribution in [0, 0.1) is 5.92 Å². The molecule has 0 saturated heterocycles. The number of nitrogens with one attached hydrogen (secondary N) is 1. The molecule has 1 aliphatic carbocycles. The van der Waals surface area contributed by atoms with E-state index in [2.05, 4.69) is 20.4 Å². The van der Waals surface area contributed by atoms with Crippen LogP contribution in [0.1, 0.15) is 28.9 Å². The van der Waals surface area contributed by atoms with Crippen molar-refractivity contribution in [3.8, 4) is 0 Å². The summed E-state index contributed by atoms with van der Waals surface area (Å²) in [4.78, 5) is 20.6. The van der Waals surface area contributed by atoms with Crippen molar-refractivity contribution >= 4 is 21.6 Å². The molecule has 0 bridgehead atoms. The number of nitrogens with two attached hydrogens (primary N) is 1. The van der Waals surface area contributed by atoms with Crippen LogP contribution in [0.5, 0.6) is 0 Å². The van der Waals surface area contributed by atoms with Gasteiger partial charge in [-0.15, -0.1) is 0 Å². The molecule has 28 heavy (non-hydrogen) atoms. The Balaban J connectivity index is 1.76. The molecule has 0 spiro atoms. The van der Waals surface area contributed by atoms with E-state index in [0.29, 0.717) is 6.42 Å². The molecular weight excluding hydrogens is 388 g/mol. The molecule has 1 aliphatic rings. The molecular formula is C16H22N6O5S. The smallest absolute Gasteiger partial charge is 0.218 e. The normalized spacial score (nSPS) is 25.0. The molecule has 0 unspecified atom stereocenters. The quantitative estimate of drug-likeness (QED) is 0.402. The third-order valence-corrected chi connectivity index (χ3v) is 5.60. The SMILES string of the molecule is Cn1ccc(C(=O)c2cncnc2N[C@@H]2C[C@H](CCS(N)(=O)=O)[C@@H](O)[C@H]2O)n1. The van der Waals surface area contributed by atoms with Crippen molar-refractivity contribution in [2.75, 3.05) is 11.1 Å². The molecule has 0 radical (unpaired) electrons. The number of hydrogen-bond donors (Lipinski definition) is 4. The summed E-state index contributed by atoms with van der Waals surface area (Å²) in [6.45, 7) is 0. The minimum atomic E-state index is -3.66. The van der Waals surface area contributed by atoms with Gasteiger partial charge in [0.25, 0.3) is 0 Å². The molecule has 3 rings (SSSR count). The number of carbonyl (C=O) groups is 1. The number of hydrogen-bond acceptors (Lipinski definition) is 9. The number of anilines is 1. The lowest BCUT2D eigenvalue weighted by Crippen LogP contribution is -2.36. The van der Waals surface area contributed by atoms with Crippen molar-refractivity contribution in [1.82, 2.24) is 19.7 Å². The first-order valence-corrected chi connectivity index (χ1v) is 10.3. The van der Waals surface area contributed by atoms with E-state index in [0.717, 1.165) is 0 Å². The van der Waals surface area contributed by atoms with Gasteiger partial charge < -0.3 is 15.5 Å². The summed E-state index contributed by atoms with van der Waals surface area (Å²) in [5, 5.41) is 32.6. The van der Waals surface area contributed by atoms with Gasteiger partial charge in [0.2, 0.25) is 15.8 Å². The average Bonchev–Trinajstić information content (AvgIpc) is 3.18. The standard InChI is InChI=1S/C16H22N6O5S/c1-22-4-2-11(21-22)14(24)10-7-18-8-19-16(10)20-12-6-9(13(23)15(12)25)3-5-28(17,26)27/h2,4,7-9,12-13,15,23,25H,3,5-6H2,1H3,(H2,17,26,27)(H,18,19,20)/t9-,12+,13+,15-/m0/s1. The molecule has 5 N–H and O–H groups in total. The maximum atomic E-state index is 12.7. The van der Waals surface area contributed by atoms with Gasteiger partial charge in [-0.05, 0) is 24.8 Å². The van der Waals surface area contributed by atoms with Crippen LogP contribution in [0.4, 0.5) is 5.82 Å². The van der Waals surface area contributed by atoms with Crippen LogP contribution in [0.25, 0.3) is 0 Å². The lowest BCUT2D eigenvalue weighted by molar-refractivity contribution is 0.0168. The molecule has 0 aliphatic heterocycles. The van der Waals surface area contributed by atoms with Crippen molar-refractivity contribution < 1.29 is 23.4 Å². The monoisotopic (exact) mass is 410 g/mol. The highest BCUT2D eigenvalue weighted by Gasteiger charge is 2.42. The first-order valence-electron chi connectivity index (χ1n) is 8.63. The van der Waals surface area contributed by atoms with Crippen LogP contribution in [0.3, 0.4) is 0 Å². The van der Waals surface area contributed by atoms with Gasteiger partial charge in [-0.3, -0.25) is 9.48 Å². The molecule has 1 fully saturated rings. The topological polar surface area (TPSA) is 173 Å². The fourth-order valence-electron chi connectivity index (χ4n) is 3.33. The molecule has 2 aromatic heterocycles.